The second-order valence-corrected chi connectivity index (χ2v) is 7.69. The number of imide groups is 1. The molecule has 0 aliphatic carbocycles. The Balaban J connectivity index is 1.66. The Kier molecular flexibility index (Phi) is 6.10. The molecule has 0 bridgehead atoms. The van der Waals surface area contributed by atoms with Crippen LogP contribution in [0.15, 0.2) is 48.5 Å². The molecule has 0 saturated carbocycles. The normalized spacial score (nSPS) is 18.5. The molecule has 158 valence electrons. The van der Waals surface area contributed by atoms with Gasteiger partial charge in [-0.2, -0.15) is 5.01 Å². The third kappa shape index (κ3) is 4.01. The lowest BCUT2D eigenvalue weighted by atomic mass is 9.87. The van der Waals surface area contributed by atoms with Crippen LogP contribution in [0.3, 0.4) is 0 Å². The number of hydrogen-bond acceptors (Lipinski definition) is 4. The van der Waals surface area contributed by atoms with Gasteiger partial charge in [0, 0.05) is 0 Å². The summed E-state index contributed by atoms with van der Waals surface area (Å²) in [6, 6.07) is 14.0. The smallest absolute Gasteiger partial charge is 0.344 e. The van der Waals surface area contributed by atoms with Crippen LogP contribution >= 0.6 is 0 Å². The summed E-state index contributed by atoms with van der Waals surface area (Å²) < 4.78 is 5.55. The van der Waals surface area contributed by atoms with Crippen molar-refractivity contribution in [2.75, 3.05) is 6.61 Å². The molecule has 1 aliphatic heterocycles. The number of nitrogens with zero attached hydrogens (tertiary/aromatic N) is 1. The number of rotatable bonds is 7. The Hall–Kier alpha value is -3.35. The molecule has 4 amide bonds. The molecule has 0 unspecified atom stereocenters. The van der Waals surface area contributed by atoms with Gasteiger partial charge in [-0.25, -0.2) is 4.79 Å². The average Bonchev–Trinajstić information content (AvgIpc) is 2.97. The van der Waals surface area contributed by atoms with Gasteiger partial charge in [-0.15, -0.1) is 0 Å². The summed E-state index contributed by atoms with van der Waals surface area (Å²) in [7, 11) is 0. The predicted molar refractivity (Wildman–Crippen MR) is 113 cm³/mol. The lowest BCUT2D eigenvalue weighted by Crippen LogP contribution is -2.49. The molecule has 7 heteroatoms. The third-order valence-corrected chi connectivity index (χ3v) is 5.36. The van der Waals surface area contributed by atoms with E-state index in [4.69, 9.17) is 4.74 Å². The summed E-state index contributed by atoms with van der Waals surface area (Å²) in [5.41, 5.74) is 4.12. The first-order valence-electron chi connectivity index (χ1n) is 10.0. The number of hydrogen-bond donors (Lipinski definition) is 2. The second-order valence-electron chi connectivity index (χ2n) is 7.69. The summed E-state index contributed by atoms with van der Waals surface area (Å²) in [6.07, 6.45) is 0.353. The van der Waals surface area contributed by atoms with Crippen molar-refractivity contribution in [3.8, 4) is 5.75 Å². The minimum Gasteiger partial charge on any atom is -0.484 e. The quantitative estimate of drug-likeness (QED) is 0.686. The van der Waals surface area contributed by atoms with E-state index in [9.17, 15) is 14.4 Å². The van der Waals surface area contributed by atoms with Gasteiger partial charge < -0.3 is 10.1 Å². The molecule has 30 heavy (non-hydrogen) atoms. The number of ether oxygens (including phenoxy) is 1. The molecular formula is C23H27N3O4. The van der Waals surface area contributed by atoms with E-state index in [2.05, 4.69) is 24.6 Å². The van der Waals surface area contributed by atoms with Crippen LogP contribution in [0.2, 0.25) is 0 Å². The van der Waals surface area contributed by atoms with Crippen LogP contribution in [0.1, 0.15) is 49.8 Å². The van der Waals surface area contributed by atoms with E-state index in [1.54, 1.807) is 30.3 Å². The standard InChI is InChI=1S/C23H27N3O4/c1-5-23(17-9-7-6-8-10-17)21(28)26(22(29)24-23)25-20(27)14-30-18-11-12-19(15(2)3)16(4)13-18/h6-13,15H,5,14H2,1-4H3,(H,24,29)(H,25,27)/t23-/m1/s1. The number of benzene rings is 2. The van der Waals surface area contributed by atoms with Gasteiger partial charge in [0.2, 0.25) is 0 Å². The molecule has 2 aromatic carbocycles. The number of carbonyl (C=O) groups is 3. The molecule has 0 radical (unpaired) electrons. The number of amides is 4. The summed E-state index contributed by atoms with van der Waals surface area (Å²) in [5.74, 6) is -0.169. The maximum absolute atomic E-state index is 13.0. The average molecular weight is 409 g/mol. The van der Waals surface area contributed by atoms with Crippen LogP contribution in [0.4, 0.5) is 4.79 Å². The van der Waals surface area contributed by atoms with Crippen LogP contribution < -0.4 is 15.5 Å². The highest BCUT2D eigenvalue weighted by Gasteiger charge is 2.52. The zero-order valence-electron chi connectivity index (χ0n) is 17.7. The van der Waals surface area contributed by atoms with Crippen LogP contribution in [-0.4, -0.2) is 29.5 Å². The van der Waals surface area contributed by atoms with Crippen molar-refractivity contribution in [3.63, 3.8) is 0 Å². The van der Waals surface area contributed by atoms with Gasteiger partial charge in [0.1, 0.15) is 11.3 Å². The van der Waals surface area contributed by atoms with Gasteiger partial charge >= 0.3 is 6.03 Å². The first-order chi connectivity index (χ1) is 14.3. The van der Waals surface area contributed by atoms with Gasteiger partial charge in [0.05, 0.1) is 0 Å². The molecule has 2 N–H and O–H groups in total. The molecule has 0 aromatic heterocycles. The number of nitrogens with one attached hydrogen (secondary N) is 2. The topological polar surface area (TPSA) is 87.7 Å². The molecule has 1 atom stereocenters. The molecule has 0 spiro atoms. The maximum atomic E-state index is 13.0. The lowest BCUT2D eigenvalue weighted by Gasteiger charge is -2.25. The molecule has 2 aromatic rings. The van der Waals surface area contributed by atoms with Crippen molar-refractivity contribution in [1.29, 1.82) is 0 Å². The fourth-order valence-corrected chi connectivity index (χ4v) is 3.73. The number of aryl methyl sites for hydroxylation is 1. The number of urea groups is 1. The Bertz CT molecular complexity index is 958. The van der Waals surface area contributed by atoms with Crippen molar-refractivity contribution in [2.24, 2.45) is 0 Å². The first-order valence-corrected chi connectivity index (χ1v) is 10.0. The van der Waals surface area contributed by atoms with Crippen molar-refractivity contribution in [2.45, 2.75) is 45.6 Å². The van der Waals surface area contributed by atoms with Gasteiger partial charge in [-0.3, -0.25) is 15.0 Å². The van der Waals surface area contributed by atoms with Crippen molar-refractivity contribution >= 4 is 17.8 Å². The second kappa shape index (κ2) is 8.57. The highest BCUT2D eigenvalue weighted by Crippen LogP contribution is 2.31. The van der Waals surface area contributed by atoms with Crippen LogP contribution in [-0.2, 0) is 15.1 Å². The van der Waals surface area contributed by atoms with Gasteiger partial charge in [-0.05, 0) is 48.1 Å². The van der Waals surface area contributed by atoms with Gasteiger partial charge in [0.15, 0.2) is 6.61 Å². The summed E-state index contributed by atoms with van der Waals surface area (Å²) in [6.45, 7) is 7.70. The maximum Gasteiger partial charge on any atom is 0.344 e. The lowest BCUT2D eigenvalue weighted by molar-refractivity contribution is -0.140. The summed E-state index contributed by atoms with van der Waals surface area (Å²) >= 11 is 0. The van der Waals surface area contributed by atoms with Crippen LogP contribution in [0, 0.1) is 6.92 Å². The van der Waals surface area contributed by atoms with Crippen molar-refractivity contribution in [3.05, 3.63) is 65.2 Å². The van der Waals surface area contributed by atoms with Crippen LogP contribution in [0.25, 0.3) is 0 Å². The van der Waals surface area contributed by atoms with Gasteiger partial charge in [-0.1, -0.05) is 57.2 Å². The van der Waals surface area contributed by atoms with E-state index < -0.39 is 23.4 Å². The largest absolute Gasteiger partial charge is 0.484 e. The highest BCUT2D eigenvalue weighted by atomic mass is 16.5. The van der Waals surface area contributed by atoms with Crippen molar-refractivity contribution < 1.29 is 19.1 Å². The Morgan fingerprint density at radius 2 is 1.87 bits per heavy atom. The summed E-state index contributed by atoms with van der Waals surface area (Å²) in [5, 5.41) is 3.45. The van der Waals surface area contributed by atoms with E-state index in [0.717, 1.165) is 10.6 Å². The first kappa shape index (κ1) is 21.4. The third-order valence-electron chi connectivity index (χ3n) is 5.36. The number of carbonyl (C=O) groups excluding carboxylic acids is 3. The highest BCUT2D eigenvalue weighted by molar-refractivity contribution is 6.08. The minimum atomic E-state index is -1.20. The zero-order valence-corrected chi connectivity index (χ0v) is 17.7. The molecule has 3 rings (SSSR count). The monoisotopic (exact) mass is 409 g/mol. The minimum absolute atomic E-state index is 0.317. The molecular weight excluding hydrogens is 382 g/mol. The Morgan fingerprint density at radius 3 is 2.47 bits per heavy atom. The Labute approximate surface area is 176 Å². The van der Waals surface area contributed by atoms with Crippen LogP contribution in [0.5, 0.6) is 5.75 Å². The van der Waals surface area contributed by atoms with Crippen molar-refractivity contribution in [1.82, 2.24) is 15.8 Å². The number of hydrazine groups is 1. The molecule has 1 aliphatic rings. The Morgan fingerprint density at radius 1 is 1.17 bits per heavy atom. The van der Waals surface area contributed by atoms with E-state index in [-0.39, 0.29) is 6.61 Å². The predicted octanol–water partition coefficient (Wildman–Crippen LogP) is 3.39. The van der Waals surface area contributed by atoms with E-state index >= 15 is 0 Å². The zero-order chi connectivity index (χ0) is 21.9. The van der Waals surface area contributed by atoms with Gasteiger partial charge in [0.25, 0.3) is 11.8 Å². The molecule has 1 heterocycles. The molecule has 7 nitrogen and oxygen atoms in total. The molecule has 1 fully saturated rings. The fourth-order valence-electron chi connectivity index (χ4n) is 3.73. The SMILES string of the molecule is CC[C@]1(c2ccccc2)NC(=O)N(NC(=O)COc2ccc(C(C)C)c(C)c2)C1=O. The fraction of sp³-hybridized carbons (Fsp3) is 0.348. The van der Waals surface area contributed by atoms with E-state index in [0.29, 0.717) is 23.7 Å². The molecule has 1 saturated heterocycles. The van der Waals surface area contributed by atoms with E-state index in [1.807, 2.05) is 32.0 Å². The van der Waals surface area contributed by atoms with E-state index in [1.165, 1.54) is 5.56 Å². The summed E-state index contributed by atoms with van der Waals surface area (Å²) in [4.78, 5) is 37.8.